The van der Waals surface area contributed by atoms with Crippen molar-refractivity contribution in [3.05, 3.63) is 95.1 Å². The SMILES string of the molecule is COC(=O)c1ccc2c(C)cc(-c3c(F)cc(SCc4ccccc4)cc3F)nc2c1. The first-order valence-electron chi connectivity index (χ1n) is 9.62. The van der Waals surface area contributed by atoms with Crippen LogP contribution >= 0.6 is 11.8 Å². The van der Waals surface area contributed by atoms with Gasteiger partial charge in [-0.2, -0.15) is 0 Å². The van der Waals surface area contributed by atoms with Gasteiger partial charge in [0, 0.05) is 16.0 Å². The highest BCUT2D eigenvalue weighted by Crippen LogP contribution is 2.33. The summed E-state index contributed by atoms with van der Waals surface area (Å²) in [5.41, 5.74) is 2.68. The first kappa shape index (κ1) is 21.0. The van der Waals surface area contributed by atoms with E-state index >= 15 is 0 Å². The van der Waals surface area contributed by atoms with Gasteiger partial charge in [0.15, 0.2) is 0 Å². The molecule has 0 aliphatic heterocycles. The van der Waals surface area contributed by atoms with Gasteiger partial charge in [-0.15, -0.1) is 11.8 Å². The predicted molar refractivity (Wildman–Crippen MR) is 119 cm³/mol. The number of aromatic nitrogens is 1. The van der Waals surface area contributed by atoms with Crippen LogP contribution in [0.15, 0.2) is 71.6 Å². The molecule has 31 heavy (non-hydrogen) atoms. The van der Waals surface area contributed by atoms with Crippen molar-refractivity contribution < 1.29 is 18.3 Å². The van der Waals surface area contributed by atoms with Crippen LogP contribution < -0.4 is 0 Å². The highest BCUT2D eigenvalue weighted by Gasteiger charge is 2.17. The summed E-state index contributed by atoms with van der Waals surface area (Å²) in [6, 6.07) is 19.0. The van der Waals surface area contributed by atoms with E-state index < -0.39 is 17.6 Å². The predicted octanol–water partition coefficient (Wildman–Crippen LogP) is 6.57. The number of methoxy groups -OCH3 is 1. The summed E-state index contributed by atoms with van der Waals surface area (Å²) in [6.45, 7) is 1.84. The Morgan fingerprint density at radius 1 is 1.00 bits per heavy atom. The van der Waals surface area contributed by atoms with Gasteiger partial charge in [0.2, 0.25) is 0 Å². The topological polar surface area (TPSA) is 39.2 Å². The Labute approximate surface area is 183 Å². The van der Waals surface area contributed by atoms with Crippen LogP contribution in [0.5, 0.6) is 0 Å². The minimum absolute atomic E-state index is 0.182. The van der Waals surface area contributed by atoms with Crippen molar-refractivity contribution in [3.63, 3.8) is 0 Å². The fourth-order valence-corrected chi connectivity index (χ4v) is 4.29. The summed E-state index contributed by atoms with van der Waals surface area (Å²) >= 11 is 1.37. The van der Waals surface area contributed by atoms with Crippen molar-refractivity contribution in [3.8, 4) is 11.3 Å². The second kappa shape index (κ2) is 8.86. The molecule has 0 fully saturated rings. The van der Waals surface area contributed by atoms with Crippen LogP contribution in [-0.4, -0.2) is 18.1 Å². The molecular formula is C25H19F2NO2S. The molecule has 0 aliphatic rings. The maximum absolute atomic E-state index is 14.9. The summed E-state index contributed by atoms with van der Waals surface area (Å²) in [6.07, 6.45) is 0. The van der Waals surface area contributed by atoms with Crippen molar-refractivity contribution in [1.29, 1.82) is 0 Å². The zero-order valence-corrected chi connectivity index (χ0v) is 17.8. The summed E-state index contributed by atoms with van der Waals surface area (Å²) in [5, 5.41) is 0.798. The maximum Gasteiger partial charge on any atom is 0.337 e. The maximum atomic E-state index is 14.9. The number of halogens is 2. The van der Waals surface area contributed by atoms with Crippen LogP contribution in [-0.2, 0) is 10.5 Å². The molecule has 0 saturated heterocycles. The second-order valence-electron chi connectivity index (χ2n) is 7.08. The number of benzene rings is 3. The van der Waals surface area contributed by atoms with Crippen LogP contribution in [0.1, 0.15) is 21.5 Å². The van der Waals surface area contributed by atoms with E-state index in [-0.39, 0.29) is 11.3 Å². The van der Waals surface area contributed by atoms with Crippen molar-refractivity contribution in [2.45, 2.75) is 17.6 Å². The van der Waals surface area contributed by atoms with E-state index in [0.717, 1.165) is 16.5 Å². The number of nitrogens with zero attached hydrogens (tertiary/aromatic N) is 1. The first-order chi connectivity index (χ1) is 15.0. The highest BCUT2D eigenvalue weighted by atomic mass is 32.2. The van der Waals surface area contributed by atoms with E-state index in [1.54, 1.807) is 24.3 Å². The lowest BCUT2D eigenvalue weighted by Crippen LogP contribution is -2.02. The number of thioether (sulfide) groups is 1. The Balaban J connectivity index is 1.70. The van der Waals surface area contributed by atoms with Crippen molar-refractivity contribution in [2.75, 3.05) is 7.11 Å². The number of ether oxygens (including phenoxy) is 1. The Morgan fingerprint density at radius 3 is 2.39 bits per heavy atom. The lowest BCUT2D eigenvalue weighted by Gasteiger charge is -2.11. The van der Waals surface area contributed by atoms with Crippen molar-refractivity contribution in [2.24, 2.45) is 0 Å². The zero-order valence-electron chi connectivity index (χ0n) is 17.0. The normalized spacial score (nSPS) is 11.0. The van der Waals surface area contributed by atoms with E-state index in [1.807, 2.05) is 37.3 Å². The molecule has 0 spiro atoms. The van der Waals surface area contributed by atoms with Gasteiger partial charge in [0.05, 0.1) is 29.4 Å². The van der Waals surface area contributed by atoms with Crippen molar-refractivity contribution >= 4 is 28.6 Å². The fraction of sp³-hybridized carbons (Fsp3) is 0.120. The molecule has 3 aromatic carbocycles. The average molecular weight is 435 g/mol. The lowest BCUT2D eigenvalue weighted by molar-refractivity contribution is 0.0601. The van der Waals surface area contributed by atoms with Crippen LogP contribution in [0.3, 0.4) is 0 Å². The number of esters is 1. The third kappa shape index (κ3) is 4.44. The molecule has 1 aromatic heterocycles. The van der Waals surface area contributed by atoms with Gasteiger partial charge < -0.3 is 4.74 Å². The molecule has 0 unspecified atom stereocenters. The van der Waals surface area contributed by atoms with E-state index in [0.29, 0.717) is 21.7 Å². The van der Waals surface area contributed by atoms with Crippen LogP contribution in [0.4, 0.5) is 8.78 Å². The van der Waals surface area contributed by atoms with Crippen LogP contribution in [0.2, 0.25) is 0 Å². The highest BCUT2D eigenvalue weighted by molar-refractivity contribution is 7.98. The molecule has 0 bridgehead atoms. The van der Waals surface area contributed by atoms with Gasteiger partial charge >= 0.3 is 5.97 Å². The molecule has 0 N–H and O–H groups in total. The van der Waals surface area contributed by atoms with Gasteiger partial charge in [-0.1, -0.05) is 36.4 Å². The molecule has 0 radical (unpaired) electrons. The molecule has 4 rings (SSSR count). The van der Waals surface area contributed by atoms with Gasteiger partial charge in [-0.25, -0.2) is 18.6 Å². The standard InChI is InChI=1S/C25H19F2NO2S/c1-15-10-23(28-22-11-17(25(29)30-2)8-9-19(15)22)24-20(26)12-18(13-21(24)27)31-14-16-6-4-3-5-7-16/h3-13H,14H2,1-2H3. The summed E-state index contributed by atoms with van der Waals surface area (Å²) in [4.78, 5) is 16.8. The zero-order chi connectivity index (χ0) is 22.0. The van der Waals surface area contributed by atoms with Crippen LogP contribution in [0, 0.1) is 18.6 Å². The third-order valence-corrected chi connectivity index (χ3v) is 6.00. The molecule has 0 aliphatic carbocycles. The number of carbonyl (C=O) groups excluding carboxylic acids is 1. The largest absolute Gasteiger partial charge is 0.465 e. The second-order valence-corrected chi connectivity index (χ2v) is 8.13. The minimum Gasteiger partial charge on any atom is -0.465 e. The summed E-state index contributed by atoms with van der Waals surface area (Å²) in [7, 11) is 1.30. The number of fused-ring (bicyclic) bond motifs is 1. The fourth-order valence-electron chi connectivity index (χ4n) is 3.39. The molecular weight excluding hydrogens is 416 g/mol. The number of pyridine rings is 1. The van der Waals surface area contributed by atoms with Gasteiger partial charge in [0.1, 0.15) is 11.6 Å². The molecule has 1 heterocycles. The molecule has 6 heteroatoms. The monoisotopic (exact) mass is 435 g/mol. The molecule has 0 atom stereocenters. The quantitative estimate of drug-likeness (QED) is 0.263. The Kier molecular flexibility index (Phi) is 6.00. The summed E-state index contributed by atoms with van der Waals surface area (Å²) in [5.74, 6) is -1.23. The third-order valence-electron chi connectivity index (χ3n) is 4.96. The average Bonchev–Trinajstić information content (AvgIpc) is 2.77. The Bertz CT molecular complexity index is 1250. The Hall–Kier alpha value is -3.25. The molecule has 0 amide bonds. The number of hydrogen-bond donors (Lipinski definition) is 0. The smallest absolute Gasteiger partial charge is 0.337 e. The van der Waals surface area contributed by atoms with E-state index in [1.165, 1.54) is 31.0 Å². The number of hydrogen-bond acceptors (Lipinski definition) is 4. The van der Waals surface area contributed by atoms with Gasteiger partial charge in [-0.3, -0.25) is 0 Å². The number of carbonyl (C=O) groups is 1. The van der Waals surface area contributed by atoms with Gasteiger partial charge in [-0.05, 0) is 48.4 Å². The lowest BCUT2D eigenvalue weighted by atomic mass is 10.0. The molecule has 3 nitrogen and oxygen atoms in total. The first-order valence-corrected chi connectivity index (χ1v) is 10.6. The van der Waals surface area contributed by atoms with E-state index in [4.69, 9.17) is 4.74 Å². The van der Waals surface area contributed by atoms with E-state index in [9.17, 15) is 13.6 Å². The van der Waals surface area contributed by atoms with Crippen molar-refractivity contribution in [1.82, 2.24) is 4.98 Å². The molecule has 0 saturated carbocycles. The Morgan fingerprint density at radius 2 is 1.71 bits per heavy atom. The summed E-state index contributed by atoms with van der Waals surface area (Å²) < 4.78 is 34.6. The number of aryl methyl sites for hydroxylation is 1. The molecule has 156 valence electrons. The van der Waals surface area contributed by atoms with Gasteiger partial charge in [0.25, 0.3) is 0 Å². The molecule has 4 aromatic rings. The minimum atomic E-state index is -0.675. The van der Waals surface area contributed by atoms with Crippen LogP contribution in [0.25, 0.3) is 22.2 Å². The van der Waals surface area contributed by atoms with E-state index in [2.05, 4.69) is 4.98 Å². The number of rotatable bonds is 5.